The summed E-state index contributed by atoms with van der Waals surface area (Å²) in [6.45, 7) is 3.74. The van der Waals surface area contributed by atoms with E-state index in [0.29, 0.717) is 13.0 Å². The van der Waals surface area contributed by atoms with Gasteiger partial charge in [-0.25, -0.2) is 0 Å². The molecule has 0 aliphatic carbocycles. The molecule has 1 heterocycles. The van der Waals surface area contributed by atoms with Crippen LogP contribution in [0.15, 0.2) is 18.2 Å². The van der Waals surface area contributed by atoms with Gasteiger partial charge in [0.1, 0.15) is 5.75 Å². The maximum absolute atomic E-state index is 10.4. The number of aryl methyl sites for hydroxylation is 1. The Kier molecular flexibility index (Phi) is 3.69. The SMILES string of the molecule is COc1ccc(CC2(O)CCCNC2)cc1C. The Bertz CT molecular complexity index is 384. The average molecular weight is 235 g/mol. The van der Waals surface area contributed by atoms with E-state index in [-0.39, 0.29) is 0 Å². The Hall–Kier alpha value is -1.06. The molecule has 1 atom stereocenters. The third-order valence-electron chi connectivity index (χ3n) is 3.44. The summed E-state index contributed by atoms with van der Waals surface area (Å²) >= 11 is 0. The molecule has 1 aromatic carbocycles. The van der Waals surface area contributed by atoms with Crippen molar-refractivity contribution in [2.75, 3.05) is 20.2 Å². The summed E-state index contributed by atoms with van der Waals surface area (Å²) < 4.78 is 5.24. The fraction of sp³-hybridized carbons (Fsp3) is 0.571. The quantitative estimate of drug-likeness (QED) is 0.837. The highest BCUT2D eigenvalue weighted by Gasteiger charge is 2.29. The normalized spacial score (nSPS) is 24.6. The van der Waals surface area contributed by atoms with Crippen molar-refractivity contribution in [2.45, 2.75) is 31.8 Å². The van der Waals surface area contributed by atoms with Gasteiger partial charge in [-0.1, -0.05) is 12.1 Å². The first-order valence-corrected chi connectivity index (χ1v) is 6.20. The standard InChI is InChI=1S/C14H21NO2/c1-11-8-12(4-5-13(11)17-2)9-14(16)6-3-7-15-10-14/h4-5,8,15-16H,3,6-7,9-10H2,1-2H3. The summed E-state index contributed by atoms with van der Waals surface area (Å²) in [5.74, 6) is 0.905. The van der Waals surface area contributed by atoms with E-state index >= 15 is 0 Å². The second-order valence-electron chi connectivity index (χ2n) is 4.99. The first kappa shape index (κ1) is 12.4. The lowest BCUT2D eigenvalue weighted by molar-refractivity contribution is 0.0169. The van der Waals surface area contributed by atoms with Crippen molar-refractivity contribution in [2.24, 2.45) is 0 Å². The minimum Gasteiger partial charge on any atom is -0.496 e. The van der Waals surface area contributed by atoms with E-state index in [1.807, 2.05) is 19.1 Å². The predicted molar refractivity (Wildman–Crippen MR) is 68.5 cm³/mol. The van der Waals surface area contributed by atoms with E-state index in [2.05, 4.69) is 11.4 Å². The number of benzene rings is 1. The van der Waals surface area contributed by atoms with Gasteiger partial charge < -0.3 is 15.2 Å². The molecule has 2 N–H and O–H groups in total. The lowest BCUT2D eigenvalue weighted by Gasteiger charge is -2.32. The summed E-state index contributed by atoms with van der Waals surface area (Å²) in [5.41, 5.74) is 1.71. The Morgan fingerprint density at radius 1 is 1.47 bits per heavy atom. The molecule has 1 aromatic rings. The third kappa shape index (κ3) is 2.99. The molecule has 1 saturated heterocycles. The molecule has 1 aliphatic rings. The van der Waals surface area contributed by atoms with Crippen LogP contribution >= 0.6 is 0 Å². The molecule has 0 bridgehead atoms. The molecule has 3 heteroatoms. The molecule has 0 radical (unpaired) electrons. The zero-order valence-electron chi connectivity index (χ0n) is 10.6. The Balaban J connectivity index is 2.10. The van der Waals surface area contributed by atoms with Crippen molar-refractivity contribution >= 4 is 0 Å². The Morgan fingerprint density at radius 3 is 2.88 bits per heavy atom. The van der Waals surface area contributed by atoms with Crippen LogP contribution in [-0.2, 0) is 6.42 Å². The summed E-state index contributed by atoms with van der Waals surface area (Å²) in [7, 11) is 1.68. The fourth-order valence-electron chi connectivity index (χ4n) is 2.53. The molecule has 17 heavy (non-hydrogen) atoms. The number of rotatable bonds is 3. The van der Waals surface area contributed by atoms with E-state index in [9.17, 15) is 5.11 Å². The van der Waals surface area contributed by atoms with Gasteiger partial charge in [0.25, 0.3) is 0 Å². The van der Waals surface area contributed by atoms with Gasteiger partial charge >= 0.3 is 0 Å². The van der Waals surface area contributed by atoms with Crippen molar-refractivity contribution in [3.63, 3.8) is 0 Å². The molecule has 0 aromatic heterocycles. The van der Waals surface area contributed by atoms with Crippen LogP contribution in [0, 0.1) is 6.92 Å². The van der Waals surface area contributed by atoms with Crippen molar-refractivity contribution in [1.82, 2.24) is 5.32 Å². The Labute approximate surface area is 103 Å². The van der Waals surface area contributed by atoms with Crippen LogP contribution in [0.25, 0.3) is 0 Å². The number of methoxy groups -OCH3 is 1. The summed E-state index contributed by atoms with van der Waals surface area (Å²) in [6.07, 6.45) is 2.64. The number of nitrogens with one attached hydrogen (secondary N) is 1. The summed E-state index contributed by atoms with van der Waals surface area (Å²) in [6, 6.07) is 6.12. The van der Waals surface area contributed by atoms with Gasteiger partial charge in [0.2, 0.25) is 0 Å². The van der Waals surface area contributed by atoms with Crippen molar-refractivity contribution in [3.05, 3.63) is 29.3 Å². The number of hydrogen-bond donors (Lipinski definition) is 2. The van der Waals surface area contributed by atoms with E-state index < -0.39 is 5.60 Å². The Morgan fingerprint density at radius 2 is 2.29 bits per heavy atom. The lowest BCUT2D eigenvalue weighted by Crippen LogP contribution is -2.47. The van der Waals surface area contributed by atoms with Gasteiger partial charge in [-0.05, 0) is 43.5 Å². The maximum Gasteiger partial charge on any atom is 0.121 e. The van der Waals surface area contributed by atoms with Crippen LogP contribution in [0.2, 0.25) is 0 Å². The highest BCUT2D eigenvalue weighted by molar-refractivity contribution is 5.36. The number of β-amino-alcohol motifs (C(OH)–C–C–N with tert-alkyl or cyclic N) is 1. The molecule has 1 unspecified atom stereocenters. The smallest absolute Gasteiger partial charge is 0.121 e. The minimum atomic E-state index is -0.584. The van der Waals surface area contributed by atoms with Crippen LogP contribution in [0.3, 0.4) is 0 Å². The third-order valence-corrected chi connectivity index (χ3v) is 3.44. The number of piperidine rings is 1. The molecular formula is C14H21NO2. The molecule has 2 rings (SSSR count). The molecule has 0 spiro atoms. The van der Waals surface area contributed by atoms with Gasteiger partial charge in [0.15, 0.2) is 0 Å². The summed E-state index contributed by atoms with van der Waals surface area (Å²) in [4.78, 5) is 0. The van der Waals surface area contributed by atoms with Gasteiger partial charge in [-0.3, -0.25) is 0 Å². The van der Waals surface area contributed by atoms with E-state index in [0.717, 1.165) is 30.7 Å². The van der Waals surface area contributed by atoms with Gasteiger partial charge in [0, 0.05) is 13.0 Å². The first-order valence-electron chi connectivity index (χ1n) is 6.20. The minimum absolute atomic E-state index is 0.584. The molecule has 0 saturated carbocycles. The van der Waals surface area contributed by atoms with Crippen molar-refractivity contribution in [3.8, 4) is 5.75 Å². The monoisotopic (exact) mass is 235 g/mol. The number of ether oxygens (including phenoxy) is 1. The zero-order chi connectivity index (χ0) is 12.3. The van der Waals surface area contributed by atoms with Crippen LogP contribution in [0.4, 0.5) is 0 Å². The molecule has 3 nitrogen and oxygen atoms in total. The van der Waals surface area contributed by atoms with Crippen LogP contribution in [0.5, 0.6) is 5.75 Å². The topological polar surface area (TPSA) is 41.5 Å². The van der Waals surface area contributed by atoms with Gasteiger partial charge in [-0.2, -0.15) is 0 Å². The van der Waals surface area contributed by atoms with Crippen molar-refractivity contribution in [1.29, 1.82) is 0 Å². The molecule has 0 amide bonds. The second-order valence-corrected chi connectivity index (χ2v) is 4.99. The fourth-order valence-corrected chi connectivity index (χ4v) is 2.53. The van der Waals surface area contributed by atoms with Crippen molar-refractivity contribution < 1.29 is 9.84 Å². The van der Waals surface area contributed by atoms with E-state index in [1.165, 1.54) is 5.56 Å². The zero-order valence-corrected chi connectivity index (χ0v) is 10.6. The molecular weight excluding hydrogens is 214 g/mol. The first-order chi connectivity index (χ1) is 8.13. The van der Waals surface area contributed by atoms with Gasteiger partial charge in [-0.15, -0.1) is 0 Å². The van der Waals surface area contributed by atoms with E-state index in [1.54, 1.807) is 7.11 Å². The lowest BCUT2D eigenvalue weighted by atomic mass is 9.87. The summed E-state index contributed by atoms with van der Waals surface area (Å²) in [5, 5.41) is 13.7. The molecule has 1 aliphatic heterocycles. The van der Waals surface area contributed by atoms with Crippen LogP contribution < -0.4 is 10.1 Å². The maximum atomic E-state index is 10.4. The predicted octanol–water partition coefficient (Wildman–Crippen LogP) is 1.66. The highest BCUT2D eigenvalue weighted by atomic mass is 16.5. The second kappa shape index (κ2) is 5.07. The van der Waals surface area contributed by atoms with Gasteiger partial charge in [0.05, 0.1) is 12.7 Å². The van der Waals surface area contributed by atoms with Crippen LogP contribution in [-0.4, -0.2) is 30.9 Å². The van der Waals surface area contributed by atoms with Crippen LogP contribution in [0.1, 0.15) is 24.0 Å². The molecule has 94 valence electrons. The number of aliphatic hydroxyl groups is 1. The largest absolute Gasteiger partial charge is 0.496 e. The molecule has 1 fully saturated rings. The average Bonchev–Trinajstić information content (AvgIpc) is 2.29. The van der Waals surface area contributed by atoms with E-state index in [4.69, 9.17) is 4.74 Å². The highest BCUT2D eigenvalue weighted by Crippen LogP contribution is 2.24. The number of hydrogen-bond acceptors (Lipinski definition) is 3.